The Hall–Kier alpha value is -1.13. The van der Waals surface area contributed by atoms with Crippen LogP contribution in [0.25, 0.3) is 0 Å². The Morgan fingerprint density at radius 1 is 1.47 bits per heavy atom. The van der Waals surface area contributed by atoms with Gasteiger partial charge in [-0.05, 0) is 32.4 Å². The SMILES string of the molecule is CCN1CCC(N(C)c2ncccc2[C@@H](C)N)CC1. The van der Waals surface area contributed by atoms with Crippen LogP contribution in [0, 0.1) is 0 Å². The van der Waals surface area contributed by atoms with Crippen molar-refractivity contribution in [3.8, 4) is 0 Å². The molecule has 0 spiro atoms. The van der Waals surface area contributed by atoms with Crippen molar-refractivity contribution < 1.29 is 0 Å². The van der Waals surface area contributed by atoms with E-state index in [4.69, 9.17) is 5.73 Å². The second-order valence-electron chi connectivity index (χ2n) is 5.48. The highest BCUT2D eigenvalue weighted by molar-refractivity contribution is 5.48. The fourth-order valence-electron chi connectivity index (χ4n) is 2.86. The number of likely N-dealkylation sites (tertiary alicyclic amines) is 1. The number of nitrogens with two attached hydrogens (primary N) is 1. The van der Waals surface area contributed by atoms with E-state index in [-0.39, 0.29) is 6.04 Å². The van der Waals surface area contributed by atoms with Crippen LogP contribution in [0.15, 0.2) is 18.3 Å². The van der Waals surface area contributed by atoms with Gasteiger partial charge in [-0.25, -0.2) is 4.98 Å². The van der Waals surface area contributed by atoms with Crippen LogP contribution >= 0.6 is 0 Å². The Morgan fingerprint density at radius 2 is 2.16 bits per heavy atom. The van der Waals surface area contributed by atoms with Gasteiger partial charge in [0.15, 0.2) is 0 Å². The van der Waals surface area contributed by atoms with E-state index in [0.717, 1.165) is 17.9 Å². The van der Waals surface area contributed by atoms with Crippen LogP contribution < -0.4 is 10.6 Å². The van der Waals surface area contributed by atoms with Crippen LogP contribution in [0.1, 0.15) is 38.3 Å². The third kappa shape index (κ3) is 3.25. The fourth-order valence-corrected chi connectivity index (χ4v) is 2.86. The first-order valence-corrected chi connectivity index (χ1v) is 7.29. The molecule has 1 atom stereocenters. The summed E-state index contributed by atoms with van der Waals surface area (Å²) in [5, 5.41) is 0. The molecule has 4 heteroatoms. The van der Waals surface area contributed by atoms with Crippen molar-refractivity contribution >= 4 is 5.82 Å². The molecule has 1 saturated heterocycles. The molecule has 2 heterocycles. The van der Waals surface area contributed by atoms with Crippen molar-refractivity contribution in [1.82, 2.24) is 9.88 Å². The summed E-state index contributed by atoms with van der Waals surface area (Å²) >= 11 is 0. The first-order chi connectivity index (χ1) is 9.13. The van der Waals surface area contributed by atoms with E-state index in [1.807, 2.05) is 19.2 Å². The Bertz CT molecular complexity index is 397. The molecule has 0 aliphatic carbocycles. The van der Waals surface area contributed by atoms with Crippen LogP contribution in [0.5, 0.6) is 0 Å². The number of aromatic nitrogens is 1. The minimum absolute atomic E-state index is 0.0295. The summed E-state index contributed by atoms with van der Waals surface area (Å²) in [4.78, 5) is 9.38. The van der Waals surface area contributed by atoms with Crippen molar-refractivity contribution in [2.24, 2.45) is 5.73 Å². The largest absolute Gasteiger partial charge is 0.356 e. The van der Waals surface area contributed by atoms with Gasteiger partial charge in [-0.1, -0.05) is 13.0 Å². The molecule has 1 aliphatic heterocycles. The number of hydrogen-bond acceptors (Lipinski definition) is 4. The maximum Gasteiger partial charge on any atom is 0.133 e. The number of piperidine rings is 1. The van der Waals surface area contributed by atoms with E-state index in [1.54, 1.807) is 0 Å². The van der Waals surface area contributed by atoms with Crippen LogP contribution in [0.2, 0.25) is 0 Å². The van der Waals surface area contributed by atoms with Crippen LogP contribution in [-0.2, 0) is 0 Å². The lowest BCUT2D eigenvalue weighted by molar-refractivity contribution is 0.220. The zero-order valence-electron chi connectivity index (χ0n) is 12.3. The molecule has 0 saturated carbocycles. The lowest BCUT2D eigenvalue weighted by Gasteiger charge is -2.37. The average Bonchev–Trinajstić information content (AvgIpc) is 2.46. The summed E-state index contributed by atoms with van der Waals surface area (Å²) in [6.07, 6.45) is 4.28. The van der Waals surface area contributed by atoms with Crippen molar-refractivity contribution in [2.75, 3.05) is 31.6 Å². The molecule has 0 aromatic carbocycles. The fraction of sp³-hybridized carbons (Fsp3) is 0.667. The first kappa shape index (κ1) is 14.3. The van der Waals surface area contributed by atoms with Crippen LogP contribution in [0.4, 0.5) is 5.82 Å². The summed E-state index contributed by atoms with van der Waals surface area (Å²) in [6.45, 7) is 7.79. The molecule has 2 rings (SSSR count). The molecule has 0 bridgehead atoms. The highest BCUT2D eigenvalue weighted by Crippen LogP contribution is 2.26. The van der Waals surface area contributed by atoms with Gasteiger partial charge in [0.1, 0.15) is 5.82 Å². The molecule has 0 radical (unpaired) electrons. The summed E-state index contributed by atoms with van der Waals surface area (Å²) in [6, 6.07) is 4.66. The summed E-state index contributed by atoms with van der Waals surface area (Å²) < 4.78 is 0. The zero-order valence-corrected chi connectivity index (χ0v) is 12.3. The van der Waals surface area contributed by atoms with Gasteiger partial charge in [0.05, 0.1) is 0 Å². The van der Waals surface area contributed by atoms with Crippen molar-refractivity contribution in [2.45, 2.75) is 38.8 Å². The second-order valence-corrected chi connectivity index (χ2v) is 5.48. The van der Waals surface area contributed by atoms with Crippen LogP contribution in [0.3, 0.4) is 0 Å². The number of pyridine rings is 1. The topological polar surface area (TPSA) is 45.4 Å². The Morgan fingerprint density at radius 3 is 2.74 bits per heavy atom. The number of nitrogens with zero attached hydrogens (tertiary/aromatic N) is 3. The van der Waals surface area contributed by atoms with Gasteiger partial charge in [-0.3, -0.25) is 0 Å². The minimum Gasteiger partial charge on any atom is -0.356 e. The highest BCUT2D eigenvalue weighted by atomic mass is 15.2. The average molecular weight is 262 g/mol. The van der Waals surface area contributed by atoms with Crippen molar-refractivity contribution in [3.63, 3.8) is 0 Å². The Labute approximate surface area is 116 Å². The molecule has 4 nitrogen and oxygen atoms in total. The van der Waals surface area contributed by atoms with Gasteiger partial charge >= 0.3 is 0 Å². The maximum absolute atomic E-state index is 6.05. The van der Waals surface area contributed by atoms with Gasteiger partial charge in [0.2, 0.25) is 0 Å². The molecule has 1 aromatic heterocycles. The predicted octanol–water partition coefficient (Wildman–Crippen LogP) is 2.02. The second kappa shape index (κ2) is 6.35. The highest BCUT2D eigenvalue weighted by Gasteiger charge is 2.24. The third-order valence-corrected chi connectivity index (χ3v) is 4.19. The molecule has 1 fully saturated rings. The van der Waals surface area contributed by atoms with Crippen LogP contribution in [-0.4, -0.2) is 42.6 Å². The molecule has 106 valence electrons. The molecule has 1 aromatic rings. The first-order valence-electron chi connectivity index (χ1n) is 7.29. The van der Waals surface area contributed by atoms with E-state index in [2.05, 4.69) is 34.8 Å². The number of anilines is 1. The Balaban J connectivity index is 2.10. The maximum atomic E-state index is 6.05. The van der Waals surface area contributed by atoms with E-state index >= 15 is 0 Å². The zero-order chi connectivity index (χ0) is 13.8. The molecular weight excluding hydrogens is 236 g/mol. The van der Waals surface area contributed by atoms with Crippen molar-refractivity contribution in [1.29, 1.82) is 0 Å². The molecule has 0 unspecified atom stereocenters. The van der Waals surface area contributed by atoms with E-state index in [1.165, 1.54) is 25.9 Å². The van der Waals surface area contributed by atoms with Gasteiger partial charge in [-0.2, -0.15) is 0 Å². The van der Waals surface area contributed by atoms with Gasteiger partial charge in [0.25, 0.3) is 0 Å². The summed E-state index contributed by atoms with van der Waals surface area (Å²) in [5.41, 5.74) is 7.19. The monoisotopic (exact) mass is 262 g/mol. The molecule has 0 amide bonds. The summed E-state index contributed by atoms with van der Waals surface area (Å²) in [5.74, 6) is 1.05. The normalized spacial score (nSPS) is 19.4. The predicted molar refractivity (Wildman–Crippen MR) is 80.4 cm³/mol. The molecule has 19 heavy (non-hydrogen) atoms. The lowest BCUT2D eigenvalue weighted by atomic mass is 10.0. The minimum atomic E-state index is 0.0295. The molecular formula is C15H26N4. The van der Waals surface area contributed by atoms with E-state index < -0.39 is 0 Å². The summed E-state index contributed by atoms with van der Waals surface area (Å²) in [7, 11) is 2.15. The smallest absolute Gasteiger partial charge is 0.133 e. The van der Waals surface area contributed by atoms with Gasteiger partial charge in [-0.15, -0.1) is 0 Å². The number of rotatable bonds is 4. The van der Waals surface area contributed by atoms with Gasteiger partial charge in [0, 0.05) is 44.0 Å². The van der Waals surface area contributed by atoms with E-state index in [9.17, 15) is 0 Å². The van der Waals surface area contributed by atoms with E-state index in [0.29, 0.717) is 6.04 Å². The molecule has 1 aliphatic rings. The molecule has 2 N–H and O–H groups in total. The lowest BCUT2D eigenvalue weighted by Crippen LogP contribution is -2.44. The Kier molecular flexibility index (Phi) is 4.77. The number of hydrogen-bond donors (Lipinski definition) is 1. The quantitative estimate of drug-likeness (QED) is 0.902. The van der Waals surface area contributed by atoms with Crippen molar-refractivity contribution in [3.05, 3.63) is 23.9 Å². The standard InChI is InChI=1S/C15H26N4/c1-4-19-10-7-13(8-11-19)18(3)15-14(12(2)16)6-5-9-17-15/h5-6,9,12-13H,4,7-8,10-11,16H2,1-3H3/t12-/m1/s1. The van der Waals surface area contributed by atoms with Gasteiger partial charge < -0.3 is 15.5 Å². The third-order valence-electron chi connectivity index (χ3n) is 4.19.